The van der Waals surface area contributed by atoms with Crippen LogP contribution in [0.2, 0.25) is 0 Å². The maximum atomic E-state index is 14.1. The van der Waals surface area contributed by atoms with Gasteiger partial charge < -0.3 is 0 Å². The summed E-state index contributed by atoms with van der Waals surface area (Å²) >= 11 is 0. The molecule has 0 atom stereocenters. The zero-order valence-electron chi connectivity index (χ0n) is 16.6. The predicted octanol–water partition coefficient (Wildman–Crippen LogP) is 7.89. The number of halogens is 4. The zero-order chi connectivity index (χ0) is 20.5. The standard InChI is InChI=1S/C24H28F4/c1-3-5-6-8-21(25)24(28)19-13-11-17(12-14-19)9-10-18-15-22(26)20(7-4-2)23(27)16-18/h11-16H,3-10H2,1-2H3/b24-21-. The second kappa shape index (κ2) is 11.0. The molecule has 0 saturated heterocycles. The number of hydrogen-bond donors (Lipinski definition) is 0. The third-order valence-electron chi connectivity index (χ3n) is 4.85. The van der Waals surface area contributed by atoms with Crippen molar-refractivity contribution in [2.45, 2.75) is 65.2 Å². The Bertz CT molecular complexity index is 768. The summed E-state index contributed by atoms with van der Waals surface area (Å²) in [5, 5.41) is 0. The molecule has 0 aliphatic carbocycles. The summed E-state index contributed by atoms with van der Waals surface area (Å²) < 4.78 is 56.1. The lowest BCUT2D eigenvalue weighted by Crippen LogP contribution is -2.00. The minimum atomic E-state index is -0.807. The topological polar surface area (TPSA) is 0 Å². The molecule has 0 radical (unpaired) electrons. The molecule has 0 bridgehead atoms. The normalized spacial score (nSPS) is 12.2. The highest BCUT2D eigenvalue weighted by atomic mass is 19.2. The van der Waals surface area contributed by atoms with Gasteiger partial charge in [0.2, 0.25) is 0 Å². The van der Waals surface area contributed by atoms with Gasteiger partial charge in [0.25, 0.3) is 0 Å². The monoisotopic (exact) mass is 392 g/mol. The van der Waals surface area contributed by atoms with Crippen molar-refractivity contribution in [3.05, 3.63) is 76.1 Å². The largest absolute Gasteiger partial charge is 0.209 e. The van der Waals surface area contributed by atoms with E-state index in [0.717, 1.165) is 18.4 Å². The lowest BCUT2D eigenvalue weighted by molar-refractivity contribution is 0.541. The fourth-order valence-electron chi connectivity index (χ4n) is 3.19. The van der Waals surface area contributed by atoms with Crippen LogP contribution in [0, 0.1) is 11.6 Å². The van der Waals surface area contributed by atoms with Crippen molar-refractivity contribution in [1.29, 1.82) is 0 Å². The van der Waals surface area contributed by atoms with Crippen molar-refractivity contribution in [1.82, 2.24) is 0 Å². The minimum absolute atomic E-state index is 0.118. The fraction of sp³-hybridized carbons (Fsp3) is 0.417. The summed E-state index contributed by atoms with van der Waals surface area (Å²) in [7, 11) is 0. The molecule has 0 fully saturated rings. The van der Waals surface area contributed by atoms with Gasteiger partial charge in [-0.25, -0.2) is 17.6 Å². The van der Waals surface area contributed by atoms with E-state index >= 15 is 0 Å². The molecule has 28 heavy (non-hydrogen) atoms. The van der Waals surface area contributed by atoms with Crippen LogP contribution in [0.3, 0.4) is 0 Å². The molecular formula is C24H28F4. The smallest absolute Gasteiger partial charge is 0.161 e. The van der Waals surface area contributed by atoms with E-state index in [2.05, 4.69) is 0 Å². The summed E-state index contributed by atoms with van der Waals surface area (Å²) in [5.74, 6) is -2.52. The van der Waals surface area contributed by atoms with E-state index in [0.29, 0.717) is 37.7 Å². The van der Waals surface area contributed by atoms with Crippen LogP contribution < -0.4 is 0 Å². The predicted molar refractivity (Wildman–Crippen MR) is 107 cm³/mol. The van der Waals surface area contributed by atoms with E-state index in [1.165, 1.54) is 12.1 Å². The van der Waals surface area contributed by atoms with Gasteiger partial charge in [-0.3, -0.25) is 0 Å². The second-order valence-electron chi connectivity index (χ2n) is 7.16. The summed E-state index contributed by atoms with van der Waals surface area (Å²) in [6, 6.07) is 9.33. The molecule has 0 N–H and O–H groups in total. The van der Waals surface area contributed by atoms with Gasteiger partial charge in [0.1, 0.15) is 17.5 Å². The van der Waals surface area contributed by atoms with Gasteiger partial charge in [0.05, 0.1) is 0 Å². The highest BCUT2D eigenvalue weighted by molar-refractivity contribution is 5.61. The van der Waals surface area contributed by atoms with E-state index in [1.54, 1.807) is 24.3 Å². The average Bonchev–Trinajstić information content (AvgIpc) is 2.69. The second-order valence-corrected chi connectivity index (χ2v) is 7.16. The van der Waals surface area contributed by atoms with E-state index in [9.17, 15) is 17.6 Å². The van der Waals surface area contributed by atoms with E-state index < -0.39 is 23.3 Å². The molecule has 0 unspecified atom stereocenters. The number of hydrogen-bond acceptors (Lipinski definition) is 0. The number of benzene rings is 2. The van der Waals surface area contributed by atoms with E-state index in [-0.39, 0.29) is 17.5 Å². The Morgan fingerprint density at radius 1 is 0.750 bits per heavy atom. The number of rotatable bonds is 10. The molecule has 0 aliphatic rings. The maximum absolute atomic E-state index is 14.1. The summed E-state index contributed by atoms with van der Waals surface area (Å²) in [4.78, 5) is 0. The van der Waals surface area contributed by atoms with Crippen LogP contribution in [0.4, 0.5) is 17.6 Å². The first kappa shape index (κ1) is 22.2. The molecule has 0 spiro atoms. The van der Waals surface area contributed by atoms with Crippen molar-refractivity contribution >= 4 is 5.83 Å². The average molecular weight is 392 g/mol. The van der Waals surface area contributed by atoms with Crippen LogP contribution in [0.15, 0.2) is 42.2 Å². The Balaban J connectivity index is 2.00. The Hall–Kier alpha value is -2.10. The van der Waals surface area contributed by atoms with Crippen LogP contribution in [-0.2, 0) is 19.3 Å². The first-order valence-corrected chi connectivity index (χ1v) is 10.1. The first-order valence-electron chi connectivity index (χ1n) is 10.1. The van der Waals surface area contributed by atoms with Crippen LogP contribution in [0.1, 0.15) is 68.2 Å². The van der Waals surface area contributed by atoms with Crippen molar-refractivity contribution in [2.75, 3.05) is 0 Å². The molecule has 0 nitrogen and oxygen atoms in total. The van der Waals surface area contributed by atoms with Crippen LogP contribution >= 0.6 is 0 Å². The third kappa shape index (κ3) is 6.22. The Kier molecular flexibility index (Phi) is 8.75. The van der Waals surface area contributed by atoms with Crippen LogP contribution in [-0.4, -0.2) is 0 Å². The minimum Gasteiger partial charge on any atom is -0.209 e. The summed E-state index contributed by atoms with van der Waals surface area (Å²) in [5.41, 5.74) is 1.85. The van der Waals surface area contributed by atoms with Gasteiger partial charge in [-0.1, -0.05) is 57.4 Å². The molecule has 0 aliphatic heterocycles. The summed E-state index contributed by atoms with van der Waals surface area (Å²) in [6.45, 7) is 3.89. The van der Waals surface area contributed by atoms with Gasteiger partial charge >= 0.3 is 0 Å². The van der Waals surface area contributed by atoms with Gasteiger partial charge in [-0.2, -0.15) is 0 Å². The van der Waals surface area contributed by atoms with Crippen molar-refractivity contribution < 1.29 is 17.6 Å². The lowest BCUT2D eigenvalue weighted by Gasteiger charge is -2.08. The number of allylic oxidation sites excluding steroid dienone is 1. The zero-order valence-corrected chi connectivity index (χ0v) is 16.6. The Labute approximate surface area is 165 Å². The van der Waals surface area contributed by atoms with Crippen molar-refractivity contribution in [3.63, 3.8) is 0 Å². The van der Waals surface area contributed by atoms with Crippen molar-refractivity contribution in [3.8, 4) is 0 Å². The van der Waals surface area contributed by atoms with Crippen molar-refractivity contribution in [2.24, 2.45) is 0 Å². The molecule has 0 aromatic heterocycles. The lowest BCUT2D eigenvalue weighted by atomic mass is 10.00. The molecule has 0 heterocycles. The van der Waals surface area contributed by atoms with Gasteiger partial charge in [0, 0.05) is 17.5 Å². The molecule has 2 aromatic rings. The Morgan fingerprint density at radius 2 is 1.36 bits per heavy atom. The molecular weight excluding hydrogens is 364 g/mol. The quantitative estimate of drug-likeness (QED) is 0.285. The summed E-state index contributed by atoms with van der Waals surface area (Å²) in [6.07, 6.45) is 4.70. The molecule has 0 saturated carbocycles. The van der Waals surface area contributed by atoms with Gasteiger partial charge in [-0.05, 0) is 48.9 Å². The molecule has 0 amide bonds. The van der Waals surface area contributed by atoms with E-state index in [4.69, 9.17) is 0 Å². The first-order chi connectivity index (χ1) is 13.5. The third-order valence-corrected chi connectivity index (χ3v) is 4.85. The van der Waals surface area contributed by atoms with Crippen LogP contribution in [0.5, 0.6) is 0 Å². The molecule has 2 rings (SSSR count). The highest BCUT2D eigenvalue weighted by Gasteiger charge is 2.11. The van der Waals surface area contributed by atoms with Gasteiger partial charge in [-0.15, -0.1) is 0 Å². The van der Waals surface area contributed by atoms with E-state index in [1.807, 2.05) is 13.8 Å². The highest BCUT2D eigenvalue weighted by Crippen LogP contribution is 2.26. The molecule has 2 aromatic carbocycles. The SMILES string of the molecule is CCCCC/C(F)=C(/F)c1ccc(CCc2cc(F)c(CCC)c(F)c2)cc1. The molecule has 4 heteroatoms. The number of unbranched alkanes of at least 4 members (excludes halogenated alkanes) is 2. The Morgan fingerprint density at radius 3 is 1.93 bits per heavy atom. The number of aryl methyl sites for hydroxylation is 2. The maximum Gasteiger partial charge on any atom is 0.161 e. The molecule has 152 valence electrons. The van der Waals surface area contributed by atoms with Gasteiger partial charge in [0.15, 0.2) is 5.83 Å². The fourth-order valence-corrected chi connectivity index (χ4v) is 3.19. The van der Waals surface area contributed by atoms with Crippen LogP contribution in [0.25, 0.3) is 5.83 Å².